The van der Waals surface area contributed by atoms with E-state index in [1.807, 2.05) is 24.5 Å². The first kappa shape index (κ1) is 21.8. The topological polar surface area (TPSA) is 74.2 Å². The van der Waals surface area contributed by atoms with Crippen LogP contribution in [0.1, 0.15) is 16.7 Å². The van der Waals surface area contributed by atoms with E-state index in [0.717, 1.165) is 33.6 Å². The molecule has 160 valence electrons. The van der Waals surface area contributed by atoms with Crippen LogP contribution in [0, 0.1) is 6.92 Å². The number of thioether (sulfide) groups is 1. The minimum absolute atomic E-state index is 0.163. The van der Waals surface area contributed by atoms with Gasteiger partial charge in [0.25, 0.3) is 0 Å². The van der Waals surface area contributed by atoms with Gasteiger partial charge in [0.05, 0.1) is 12.1 Å². The highest BCUT2D eigenvalue weighted by Gasteiger charge is 2.20. The maximum absolute atomic E-state index is 12.4. The van der Waals surface area contributed by atoms with Gasteiger partial charge in [0.1, 0.15) is 0 Å². The Balaban J connectivity index is 1.91. The number of aryl methyl sites for hydroxylation is 1. The molecular weight excluding hydrogens is 428 g/mol. The molecule has 0 bridgehead atoms. The van der Waals surface area contributed by atoms with E-state index >= 15 is 0 Å². The maximum Gasteiger partial charge on any atom is 0.151 e. The molecule has 0 saturated carbocycles. The van der Waals surface area contributed by atoms with Crippen LogP contribution in [0.5, 0.6) is 0 Å². The molecule has 0 spiro atoms. The molecule has 0 aliphatic rings. The van der Waals surface area contributed by atoms with E-state index in [4.69, 9.17) is 0 Å². The van der Waals surface area contributed by atoms with Crippen molar-refractivity contribution in [2.24, 2.45) is 0 Å². The molecular formula is C24H23N2O3S2-. The zero-order valence-corrected chi connectivity index (χ0v) is 19.0. The van der Waals surface area contributed by atoms with Gasteiger partial charge in [0.15, 0.2) is 5.78 Å². The largest absolute Gasteiger partial charge is 0.760 e. The van der Waals surface area contributed by atoms with Gasteiger partial charge in [-0.25, -0.2) is 4.72 Å². The lowest BCUT2D eigenvalue weighted by atomic mass is 10.0. The number of hydrogen-bond acceptors (Lipinski definition) is 4. The molecule has 0 radical (unpaired) electrons. The molecule has 0 amide bonds. The summed E-state index contributed by atoms with van der Waals surface area (Å²) in [7, 11) is 0. The Morgan fingerprint density at radius 1 is 1.13 bits per heavy atom. The van der Waals surface area contributed by atoms with Crippen LogP contribution >= 0.6 is 11.8 Å². The third kappa shape index (κ3) is 4.45. The van der Waals surface area contributed by atoms with Crippen LogP contribution in [0.15, 0.2) is 65.6 Å². The van der Waals surface area contributed by atoms with E-state index in [9.17, 15) is 13.6 Å². The fourth-order valence-corrected chi connectivity index (χ4v) is 5.27. The molecule has 0 fully saturated rings. The van der Waals surface area contributed by atoms with Crippen molar-refractivity contribution in [3.63, 3.8) is 0 Å². The van der Waals surface area contributed by atoms with E-state index < -0.39 is 11.3 Å². The zero-order chi connectivity index (χ0) is 22.0. The summed E-state index contributed by atoms with van der Waals surface area (Å²) in [6.45, 7) is 2.60. The van der Waals surface area contributed by atoms with Crippen molar-refractivity contribution in [2.45, 2.75) is 24.8 Å². The molecule has 1 atom stereocenters. The van der Waals surface area contributed by atoms with Gasteiger partial charge in [-0.15, -0.1) is 11.8 Å². The first-order valence-corrected chi connectivity index (χ1v) is 12.3. The molecule has 0 aliphatic heterocycles. The summed E-state index contributed by atoms with van der Waals surface area (Å²) in [5, 5.41) is 2.40. The predicted molar refractivity (Wildman–Crippen MR) is 127 cm³/mol. The number of carbonyl (C=O) groups is 1. The standard InChI is InChI=1S/C24H24N2O3S2/c1-16-12-18(13-19(27)14-25-31(28)29)24(30-2)23-22(16)20-10-6-7-11-21(20)26(23)15-17-8-4-3-5-9-17/h3-12,25H,13-15H2,1-2H3,(H,28,29)/p-1. The molecule has 31 heavy (non-hydrogen) atoms. The molecule has 3 aromatic carbocycles. The third-order valence-electron chi connectivity index (χ3n) is 5.43. The number of hydrogen-bond donors (Lipinski definition) is 1. The summed E-state index contributed by atoms with van der Waals surface area (Å²) in [6, 6.07) is 20.8. The van der Waals surface area contributed by atoms with Gasteiger partial charge < -0.3 is 9.12 Å². The summed E-state index contributed by atoms with van der Waals surface area (Å²) in [6.07, 6.45) is 2.21. The normalized spacial score (nSPS) is 12.5. The molecule has 1 unspecified atom stereocenters. The average molecular weight is 452 g/mol. The monoisotopic (exact) mass is 451 g/mol. The molecule has 1 heterocycles. The summed E-state index contributed by atoms with van der Waals surface area (Å²) in [4.78, 5) is 13.5. The quantitative estimate of drug-likeness (QED) is 0.319. The first-order valence-electron chi connectivity index (χ1n) is 9.95. The molecule has 7 heteroatoms. The van der Waals surface area contributed by atoms with Crippen LogP contribution in [0.4, 0.5) is 0 Å². The highest BCUT2D eigenvalue weighted by Crippen LogP contribution is 2.39. The van der Waals surface area contributed by atoms with E-state index in [-0.39, 0.29) is 18.7 Å². The molecule has 4 rings (SSSR count). The molecule has 0 aliphatic carbocycles. The van der Waals surface area contributed by atoms with Crippen molar-refractivity contribution >= 4 is 50.6 Å². The van der Waals surface area contributed by atoms with Gasteiger partial charge in [-0.2, -0.15) is 0 Å². The van der Waals surface area contributed by atoms with Gasteiger partial charge in [-0.05, 0) is 35.9 Å². The highest BCUT2D eigenvalue weighted by molar-refractivity contribution is 7.98. The SMILES string of the molecule is CSc1c(CC(=O)CNS(=O)[O-])cc(C)c2c3ccccc3n(Cc3ccccc3)c12. The maximum atomic E-state index is 12.4. The Hall–Kier alpha value is -2.45. The number of nitrogens with zero attached hydrogens (tertiary/aromatic N) is 1. The van der Waals surface area contributed by atoms with Gasteiger partial charge in [-0.3, -0.25) is 9.00 Å². The van der Waals surface area contributed by atoms with Gasteiger partial charge in [0, 0.05) is 45.4 Å². The number of benzene rings is 3. The lowest BCUT2D eigenvalue weighted by molar-refractivity contribution is -0.117. The van der Waals surface area contributed by atoms with Crippen molar-refractivity contribution in [3.8, 4) is 0 Å². The number of fused-ring (bicyclic) bond motifs is 3. The van der Waals surface area contributed by atoms with Crippen LogP contribution in [-0.2, 0) is 29.0 Å². The van der Waals surface area contributed by atoms with E-state index in [2.05, 4.69) is 58.7 Å². The van der Waals surface area contributed by atoms with E-state index in [0.29, 0.717) is 0 Å². The summed E-state index contributed by atoms with van der Waals surface area (Å²) < 4.78 is 26.0. The summed E-state index contributed by atoms with van der Waals surface area (Å²) >= 11 is -0.820. The summed E-state index contributed by atoms with van der Waals surface area (Å²) in [5.74, 6) is -0.163. The van der Waals surface area contributed by atoms with Gasteiger partial charge in [0.2, 0.25) is 0 Å². The van der Waals surface area contributed by atoms with E-state index in [1.165, 1.54) is 16.3 Å². The van der Waals surface area contributed by atoms with Crippen LogP contribution in [0.2, 0.25) is 0 Å². The van der Waals surface area contributed by atoms with Gasteiger partial charge >= 0.3 is 0 Å². The Bertz CT molecular complexity index is 1280. The lowest BCUT2D eigenvalue weighted by Crippen LogP contribution is -2.26. The second-order valence-corrected chi connectivity index (χ2v) is 9.04. The Morgan fingerprint density at radius 3 is 2.55 bits per heavy atom. The van der Waals surface area contributed by atoms with Crippen LogP contribution in [-0.4, -0.2) is 31.9 Å². The summed E-state index contributed by atoms with van der Waals surface area (Å²) in [5.41, 5.74) is 5.53. The number of aromatic nitrogens is 1. The van der Waals surface area contributed by atoms with Crippen molar-refractivity contribution < 1.29 is 13.6 Å². The fraction of sp³-hybridized carbons (Fsp3) is 0.208. The number of nitrogens with one attached hydrogen (secondary N) is 1. The fourth-order valence-electron chi connectivity index (χ4n) is 4.19. The smallest absolute Gasteiger partial charge is 0.151 e. The molecule has 1 N–H and O–H groups in total. The number of para-hydroxylation sites is 1. The van der Waals surface area contributed by atoms with Crippen molar-refractivity contribution in [2.75, 3.05) is 12.8 Å². The number of ketones is 1. The molecule has 1 aromatic heterocycles. The molecule has 5 nitrogen and oxygen atoms in total. The molecule has 4 aromatic rings. The number of Topliss-reactive ketones (excluding diaryl/α,β-unsaturated/α-hetero) is 1. The van der Waals surface area contributed by atoms with Crippen LogP contribution in [0.25, 0.3) is 21.8 Å². The minimum atomic E-state index is -2.44. The molecule has 0 saturated heterocycles. The van der Waals surface area contributed by atoms with Gasteiger partial charge in [-0.1, -0.05) is 54.6 Å². The predicted octanol–water partition coefficient (Wildman–Crippen LogP) is 4.37. The van der Waals surface area contributed by atoms with Crippen molar-refractivity contribution in [1.82, 2.24) is 9.29 Å². The Morgan fingerprint density at radius 2 is 1.84 bits per heavy atom. The van der Waals surface area contributed by atoms with Crippen molar-refractivity contribution in [1.29, 1.82) is 0 Å². The third-order valence-corrected chi connectivity index (χ3v) is 6.67. The first-order chi connectivity index (χ1) is 15.0. The van der Waals surface area contributed by atoms with E-state index in [1.54, 1.807) is 11.8 Å². The number of carbonyl (C=O) groups excluding carboxylic acids is 1. The lowest BCUT2D eigenvalue weighted by Gasteiger charge is -2.15. The number of rotatable bonds is 8. The average Bonchev–Trinajstić information content (AvgIpc) is 3.08. The van der Waals surface area contributed by atoms with Crippen LogP contribution in [0.3, 0.4) is 0 Å². The second-order valence-electron chi connectivity index (χ2n) is 7.47. The van der Waals surface area contributed by atoms with Crippen molar-refractivity contribution in [3.05, 3.63) is 77.4 Å². The Kier molecular flexibility index (Phi) is 6.57. The second kappa shape index (κ2) is 9.36. The minimum Gasteiger partial charge on any atom is -0.760 e. The van der Waals surface area contributed by atoms with Crippen LogP contribution < -0.4 is 4.72 Å². The Labute approximate surface area is 188 Å². The highest BCUT2D eigenvalue weighted by atomic mass is 32.2. The zero-order valence-electron chi connectivity index (χ0n) is 17.4.